The topological polar surface area (TPSA) is 22.1 Å². The Kier molecular flexibility index (Phi) is 3.76. The van der Waals surface area contributed by atoms with E-state index >= 15 is 0 Å². The first-order valence-electron chi connectivity index (χ1n) is 4.18. The van der Waals surface area contributed by atoms with Crippen LogP contribution in [0.5, 0.6) is 0 Å². The summed E-state index contributed by atoms with van der Waals surface area (Å²) in [6.45, 7) is 6.04. The Morgan fingerprint density at radius 3 is 3.00 bits per heavy atom. The number of hydrogen-bond donors (Lipinski definition) is 0. The van der Waals surface area contributed by atoms with Crippen molar-refractivity contribution in [3.05, 3.63) is 54.6 Å². The molecule has 0 N–H and O–H groups in total. The molecule has 1 heterocycles. The molecule has 0 radical (unpaired) electrons. The summed E-state index contributed by atoms with van der Waals surface area (Å²) >= 11 is 0. The van der Waals surface area contributed by atoms with Gasteiger partial charge in [0.15, 0.2) is 0 Å². The van der Waals surface area contributed by atoms with Gasteiger partial charge in [0, 0.05) is 6.20 Å². The van der Waals surface area contributed by atoms with Crippen LogP contribution in [0.15, 0.2) is 48.9 Å². The quantitative estimate of drug-likeness (QED) is 0.518. The summed E-state index contributed by atoms with van der Waals surface area (Å²) in [6, 6.07) is 5.75. The Labute approximate surface area is 78.6 Å². The van der Waals surface area contributed by atoms with Crippen molar-refractivity contribution >= 4 is 0 Å². The van der Waals surface area contributed by atoms with Gasteiger partial charge in [0.25, 0.3) is 0 Å². The van der Waals surface area contributed by atoms with Gasteiger partial charge in [-0.05, 0) is 31.2 Å². The number of ether oxygens (including phenoxy) is 1. The van der Waals surface area contributed by atoms with Crippen LogP contribution in [0, 0.1) is 0 Å². The van der Waals surface area contributed by atoms with E-state index in [1.54, 1.807) is 12.3 Å². The summed E-state index contributed by atoms with van der Waals surface area (Å²) in [4.78, 5) is 4.13. The van der Waals surface area contributed by atoms with E-state index in [2.05, 4.69) is 11.6 Å². The highest BCUT2D eigenvalue weighted by molar-refractivity contribution is 5.08. The van der Waals surface area contributed by atoms with Crippen LogP contribution in [-0.2, 0) is 11.3 Å². The van der Waals surface area contributed by atoms with E-state index in [4.69, 9.17) is 4.74 Å². The lowest BCUT2D eigenvalue weighted by Crippen LogP contribution is -1.93. The number of pyridine rings is 1. The number of rotatable bonds is 4. The van der Waals surface area contributed by atoms with Crippen molar-refractivity contribution < 1.29 is 4.74 Å². The van der Waals surface area contributed by atoms with Gasteiger partial charge in [0.05, 0.1) is 5.69 Å². The average molecular weight is 175 g/mol. The smallest absolute Gasteiger partial charge is 0.130 e. The lowest BCUT2D eigenvalue weighted by molar-refractivity contribution is 0.207. The predicted molar refractivity (Wildman–Crippen MR) is 53.0 cm³/mol. The van der Waals surface area contributed by atoms with Crippen molar-refractivity contribution in [1.29, 1.82) is 0 Å². The Bertz CT molecular complexity index is 290. The van der Waals surface area contributed by atoms with Crippen LogP contribution in [0.2, 0.25) is 0 Å². The van der Waals surface area contributed by atoms with Gasteiger partial charge in [-0.25, -0.2) is 0 Å². The maximum Gasteiger partial charge on any atom is 0.130 e. The fourth-order valence-corrected chi connectivity index (χ4v) is 0.901. The first-order chi connectivity index (χ1) is 6.36. The van der Waals surface area contributed by atoms with E-state index in [9.17, 15) is 0 Å². The van der Waals surface area contributed by atoms with E-state index in [1.165, 1.54) is 0 Å². The SMILES string of the molecule is C=C/C(=C\C)OCc1ccccn1. The number of hydrogen-bond acceptors (Lipinski definition) is 2. The lowest BCUT2D eigenvalue weighted by atomic mass is 10.4. The molecule has 1 aromatic heterocycles. The summed E-state index contributed by atoms with van der Waals surface area (Å²) in [5.41, 5.74) is 0.920. The first-order valence-corrected chi connectivity index (χ1v) is 4.18. The Balaban J connectivity index is 2.48. The molecule has 0 aliphatic carbocycles. The Morgan fingerprint density at radius 2 is 2.46 bits per heavy atom. The number of aromatic nitrogens is 1. The zero-order chi connectivity index (χ0) is 9.52. The molecule has 0 aliphatic heterocycles. The molecule has 0 fully saturated rings. The standard InChI is InChI=1S/C11H13NO/c1-3-11(4-2)13-9-10-7-5-6-8-12-10/h3-8H,1,9H2,2H3/b11-4+. The van der Waals surface area contributed by atoms with Crippen LogP contribution in [0.1, 0.15) is 12.6 Å². The summed E-state index contributed by atoms with van der Waals surface area (Å²) in [7, 11) is 0. The third kappa shape index (κ3) is 3.11. The molecule has 0 aliphatic rings. The first kappa shape index (κ1) is 9.52. The monoisotopic (exact) mass is 175 g/mol. The number of nitrogens with zero attached hydrogens (tertiary/aromatic N) is 1. The highest BCUT2D eigenvalue weighted by Crippen LogP contribution is 2.03. The lowest BCUT2D eigenvalue weighted by Gasteiger charge is -2.04. The van der Waals surface area contributed by atoms with Gasteiger partial charge in [-0.3, -0.25) is 4.98 Å². The second-order valence-electron chi connectivity index (χ2n) is 2.50. The van der Waals surface area contributed by atoms with E-state index in [1.807, 2.05) is 31.2 Å². The molecule has 0 bridgehead atoms. The Morgan fingerprint density at radius 1 is 1.62 bits per heavy atom. The normalized spacial score (nSPS) is 11.0. The fraction of sp³-hybridized carbons (Fsp3) is 0.182. The maximum absolute atomic E-state index is 5.41. The molecule has 0 saturated heterocycles. The molecular weight excluding hydrogens is 162 g/mol. The highest BCUT2D eigenvalue weighted by atomic mass is 16.5. The van der Waals surface area contributed by atoms with Crippen LogP contribution in [0.3, 0.4) is 0 Å². The molecule has 0 spiro atoms. The maximum atomic E-state index is 5.41. The van der Waals surface area contributed by atoms with E-state index in [-0.39, 0.29) is 0 Å². The van der Waals surface area contributed by atoms with Gasteiger partial charge in [0.1, 0.15) is 12.4 Å². The van der Waals surface area contributed by atoms with E-state index in [0.717, 1.165) is 11.5 Å². The molecule has 13 heavy (non-hydrogen) atoms. The van der Waals surface area contributed by atoms with Gasteiger partial charge in [-0.1, -0.05) is 12.6 Å². The van der Waals surface area contributed by atoms with Crippen molar-refractivity contribution in [2.75, 3.05) is 0 Å². The van der Waals surface area contributed by atoms with Crippen LogP contribution in [-0.4, -0.2) is 4.98 Å². The molecule has 1 aromatic rings. The third-order valence-electron chi connectivity index (χ3n) is 1.60. The molecule has 0 aromatic carbocycles. The van der Waals surface area contributed by atoms with Crippen LogP contribution in [0.25, 0.3) is 0 Å². The predicted octanol–water partition coefficient (Wildman–Crippen LogP) is 2.69. The molecule has 2 heteroatoms. The van der Waals surface area contributed by atoms with E-state index < -0.39 is 0 Å². The molecular formula is C11H13NO. The van der Waals surface area contributed by atoms with Gasteiger partial charge in [-0.2, -0.15) is 0 Å². The summed E-state index contributed by atoms with van der Waals surface area (Å²) in [5, 5.41) is 0. The van der Waals surface area contributed by atoms with Crippen LogP contribution >= 0.6 is 0 Å². The molecule has 0 atom stereocenters. The van der Waals surface area contributed by atoms with Crippen molar-refractivity contribution in [2.24, 2.45) is 0 Å². The Hall–Kier alpha value is -1.57. The van der Waals surface area contributed by atoms with Crippen LogP contribution in [0.4, 0.5) is 0 Å². The second kappa shape index (κ2) is 5.14. The van der Waals surface area contributed by atoms with Crippen molar-refractivity contribution in [3.8, 4) is 0 Å². The molecule has 68 valence electrons. The van der Waals surface area contributed by atoms with E-state index in [0.29, 0.717) is 6.61 Å². The fourth-order valence-electron chi connectivity index (χ4n) is 0.901. The van der Waals surface area contributed by atoms with Gasteiger partial charge >= 0.3 is 0 Å². The molecule has 0 amide bonds. The minimum absolute atomic E-state index is 0.493. The number of allylic oxidation sites excluding steroid dienone is 2. The van der Waals surface area contributed by atoms with Crippen molar-refractivity contribution in [1.82, 2.24) is 4.98 Å². The van der Waals surface area contributed by atoms with Crippen molar-refractivity contribution in [2.45, 2.75) is 13.5 Å². The van der Waals surface area contributed by atoms with Crippen molar-refractivity contribution in [3.63, 3.8) is 0 Å². The van der Waals surface area contributed by atoms with Gasteiger partial charge in [-0.15, -0.1) is 0 Å². The van der Waals surface area contributed by atoms with Crippen LogP contribution < -0.4 is 0 Å². The summed E-state index contributed by atoms with van der Waals surface area (Å²) in [5.74, 6) is 0.783. The zero-order valence-electron chi connectivity index (χ0n) is 7.73. The molecule has 0 unspecified atom stereocenters. The summed E-state index contributed by atoms with van der Waals surface area (Å²) in [6.07, 6.45) is 5.31. The largest absolute Gasteiger partial charge is 0.488 e. The third-order valence-corrected chi connectivity index (χ3v) is 1.60. The minimum atomic E-state index is 0.493. The second-order valence-corrected chi connectivity index (χ2v) is 2.50. The molecule has 1 rings (SSSR count). The highest BCUT2D eigenvalue weighted by Gasteiger charge is 1.93. The van der Waals surface area contributed by atoms with Gasteiger partial charge in [0.2, 0.25) is 0 Å². The molecule has 0 saturated carbocycles. The van der Waals surface area contributed by atoms with Gasteiger partial charge < -0.3 is 4.74 Å². The summed E-state index contributed by atoms with van der Waals surface area (Å²) < 4.78 is 5.41. The molecule has 2 nitrogen and oxygen atoms in total. The minimum Gasteiger partial charge on any atom is -0.488 e. The average Bonchev–Trinajstić information content (AvgIpc) is 2.21. The zero-order valence-corrected chi connectivity index (χ0v) is 7.73.